The molecule has 0 bridgehead atoms. The predicted octanol–water partition coefficient (Wildman–Crippen LogP) is 1.35. The Balaban J connectivity index is 2.10. The van der Waals surface area contributed by atoms with Crippen LogP contribution in [0.4, 0.5) is 10.3 Å². The molecule has 0 saturated heterocycles. The summed E-state index contributed by atoms with van der Waals surface area (Å²) in [5, 5.41) is 3.66. The molecule has 6 heteroatoms. The summed E-state index contributed by atoms with van der Waals surface area (Å²) in [5.74, 6) is -0.662. The van der Waals surface area contributed by atoms with Gasteiger partial charge in [-0.05, 0) is 23.8 Å². The summed E-state index contributed by atoms with van der Waals surface area (Å²) in [5.41, 5.74) is 5.99. The Labute approximate surface area is 96.4 Å². The first-order valence-corrected chi connectivity index (χ1v) is 4.80. The van der Waals surface area contributed by atoms with E-state index in [4.69, 9.17) is 5.73 Å². The van der Waals surface area contributed by atoms with E-state index in [2.05, 4.69) is 10.1 Å². The van der Waals surface area contributed by atoms with E-state index in [1.165, 1.54) is 24.5 Å². The largest absolute Gasteiger partial charge is 0.366 e. The molecule has 1 aromatic heterocycles. The zero-order valence-electron chi connectivity index (χ0n) is 8.75. The summed E-state index contributed by atoms with van der Waals surface area (Å²) >= 11 is 0. The van der Waals surface area contributed by atoms with E-state index in [-0.39, 0.29) is 17.7 Å². The first-order valence-electron chi connectivity index (χ1n) is 4.80. The standard InChI is InChI=1S/C11H9FN4O/c12-9-4-1-8(2-5-9)3-6-10(17)16-7-14-11(13)15-16/h1-7H,(H2,13,15). The molecule has 1 heterocycles. The number of carbonyl (C=O) groups is 1. The first kappa shape index (κ1) is 11.0. The van der Waals surface area contributed by atoms with Crippen LogP contribution in [-0.2, 0) is 0 Å². The van der Waals surface area contributed by atoms with E-state index < -0.39 is 0 Å². The van der Waals surface area contributed by atoms with Crippen molar-refractivity contribution in [3.05, 3.63) is 48.0 Å². The number of rotatable bonds is 2. The Morgan fingerprint density at radius 2 is 2.06 bits per heavy atom. The van der Waals surface area contributed by atoms with Crippen molar-refractivity contribution < 1.29 is 9.18 Å². The van der Waals surface area contributed by atoms with E-state index in [1.54, 1.807) is 18.2 Å². The molecule has 2 rings (SSSR count). The maximum Gasteiger partial charge on any atom is 0.272 e. The third-order valence-electron chi connectivity index (χ3n) is 2.02. The zero-order chi connectivity index (χ0) is 12.3. The molecule has 0 amide bonds. The second-order valence-electron chi connectivity index (χ2n) is 3.27. The van der Waals surface area contributed by atoms with Crippen LogP contribution < -0.4 is 5.73 Å². The van der Waals surface area contributed by atoms with Gasteiger partial charge < -0.3 is 5.73 Å². The Bertz CT molecular complexity index is 559. The van der Waals surface area contributed by atoms with Crippen LogP contribution in [0.3, 0.4) is 0 Å². The molecule has 0 atom stereocenters. The minimum atomic E-state index is -0.376. The molecular formula is C11H9FN4O. The number of nitrogen functional groups attached to an aromatic ring is 1. The molecule has 0 aliphatic rings. The van der Waals surface area contributed by atoms with Gasteiger partial charge in [-0.2, -0.15) is 4.68 Å². The highest BCUT2D eigenvalue weighted by molar-refractivity contribution is 5.92. The fourth-order valence-corrected chi connectivity index (χ4v) is 1.20. The monoisotopic (exact) mass is 232 g/mol. The average molecular weight is 232 g/mol. The number of hydrogen-bond donors (Lipinski definition) is 1. The molecule has 0 fully saturated rings. The summed E-state index contributed by atoms with van der Waals surface area (Å²) in [6.07, 6.45) is 4.09. The number of hydrogen-bond acceptors (Lipinski definition) is 4. The van der Waals surface area contributed by atoms with Gasteiger partial charge in [0.15, 0.2) is 0 Å². The van der Waals surface area contributed by atoms with Crippen molar-refractivity contribution in [2.45, 2.75) is 0 Å². The average Bonchev–Trinajstić information content (AvgIpc) is 2.75. The smallest absolute Gasteiger partial charge is 0.272 e. The normalized spacial score (nSPS) is 10.9. The van der Waals surface area contributed by atoms with Crippen LogP contribution in [0.2, 0.25) is 0 Å². The number of carbonyl (C=O) groups excluding carboxylic acids is 1. The third kappa shape index (κ3) is 2.75. The van der Waals surface area contributed by atoms with Gasteiger partial charge in [0.2, 0.25) is 5.95 Å². The molecule has 2 N–H and O–H groups in total. The highest BCUT2D eigenvalue weighted by Gasteiger charge is 2.02. The fraction of sp³-hybridized carbons (Fsp3) is 0. The number of aromatic nitrogens is 3. The van der Waals surface area contributed by atoms with Gasteiger partial charge in [0, 0.05) is 6.08 Å². The second kappa shape index (κ2) is 4.56. The molecule has 0 aliphatic heterocycles. The molecule has 2 aromatic rings. The van der Waals surface area contributed by atoms with Gasteiger partial charge in [0.05, 0.1) is 0 Å². The van der Waals surface area contributed by atoms with Crippen LogP contribution in [0.15, 0.2) is 36.7 Å². The first-order chi connectivity index (χ1) is 8.15. The Kier molecular flexibility index (Phi) is 2.95. The van der Waals surface area contributed by atoms with Crippen molar-refractivity contribution in [3.8, 4) is 0 Å². The Hall–Kier alpha value is -2.50. The maximum absolute atomic E-state index is 12.6. The van der Waals surface area contributed by atoms with Crippen molar-refractivity contribution >= 4 is 17.9 Å². The number of allylic oxidation sites excluding steroid dienone is 1. The van der Waals surface area contributed by atoms with Crippen LogP contribution in [0.1, 0.15) is 10.4 Å². The highest BCUT2D eigenvalue weighted by atomic mass is 19.1. The van der Waals surface area contributed by atoms with Gasteiger partial charge in [0.25, 0.3) is 5.91 Å². The van der Waals surface area contributed by atoms with E-state index in [0.717, 1.165) is 4.68 Å². The fourth-order valence-electron chi connectivity index (χ4n) is 1.20. The number of anilines is 1. The predicted molar refractivity (Wildman–Crippen MR) is 60.5 cm³/mol. The van der Waals surface area contributed by atoms with Crippen LogP contribution in [0, 0.1) is 5.82 Å². The van der Waals surface area contributed by atoms with E-state index >= 15 is 0 Å². The summed E-state index contributed by atoms with van der Waals surface area (Å²) in [6.45, 7) is 0. The van der Waals surface area contributed by atoms with Crippen molar-refractivity contribution in [2.75, 3.05) is 5.73 Å². The van der Waals surface area contributed by atoms with Gasteiger partial charge in [0.1, 0.15) is 12.1 Å². The lowest BCUT2D eigenvalue weighted by atomic mass is 10.2. The quantitative estimate of drug-likeness (QED) is 0.793. The lowest BCUT2D eigenvalue weighted by Gasteiger charge is -1.93. The van der Waals surface area contributed by atoms with Crippen LogP contribution in [-0.4, -0.2) is 20.7 Å². The molecule has 17 heavy (non-hydrogen) atoms. The lowest BCUT2D eigenvalue weighted by molar-refractivity contribution is 0.0955. The van der Waals surface area contributed by atoms with Gasteiger partial charge in [-0.15, -0.1) is 5.10 Å². The second-order valence-corrected chi connectivity index (χ2v) is 3.27. The van der Waals surface area contributed by atoms with Gasteiger partial charge >= 0.3 is 0 Å². The number of nitrogens with two attached hydrogens (primary N) is 1. The lowest BCUT2D eigenvalue weighted by Crippen LogP contribution is -2.08. The molecule has 0 aliphatic carbocycles. The number of halogens is 1. The molecule has 0 radical (unpaired) electrons. The molecule has 86 valence electrons. The minimum absolute atomic E-state index is 0.0357. The SMILES string of the molecule is Nc1ncn(C(=O)C=Cc2ccc(F)cc2)n1. The van der Waals surface area contributed by atoms with Crippen molar-refractivity contribution in [1.82, 2.24) is 14.8 Å². The highest BCUT2D eigenvalue weighted by Crippen LogP contribution is 2.04. The molecule has 5 nitrogen and oxygen atoms in total. The van der Waals surface area contributed by atoms with E-state index in [0.29, 0.717) is 5.56 Å². The zero-order valence-corrected chi connectivity index (χ0v) is 8.75. The number of benzene rings is 1. The number of nitrogens with zero attached hydrogens (tertiary/aromatic N) is 3. The third-order valence-corrected chi connectivity index (χ3v) is 2.02. The van der Waals surface area contributed by atoms with Gasteiger partial charge in [-0.1, -0.05) is 12.1 Å². The van der Waals surface area contributed by atoms with Crippen molar-refractivity contribution in [2.24, 2.45) is 0 Å². The summed E-state index contributed by atoms with van der Waals surface area (Å²) < 4.78 is 13.6. The van der Waals surface area contributed by atoms with Crippen LogP contribution in [0.5, 0.6) is 0 Å². The maximum atomic E-state index is 12.6. The minimum Gasteiger partial charge on any atom is -0.366 e. The van der Waals surface area contributed by atoms with Crippen molar-refractivity contribution in [1.29, 1.82) is 0 Å². The molecule has 0 saturated carbocycles. The molecular weight excluding hydrogens is 223 g/mol. The molecule has 1 aromatic carbocycles. The van der Waals surface area contributed by atoms with Gasteiger partial charge in [-0.25, -0.2) is 9.37 Å². The van der Waals surface area contributed by atoms with E-state index in [1.807, 2.05) is 0 Å². The van der Waals surface area contributed by atoms with E-state index in [9.17, 15) is 9.18 Å². The Morgan fingerprint density at radius 1 is 1.35 bits per heavy atom. The van der Waals surface area contributed by atoms with Gasteiger partial charge in [-0.3, -0.25) is 4.79 Å². The summed E-state index contributed by atoms with van der Waals surface area (Å²) in [7, 11) is 0. The summed E-state index contributed by atoms with van der Waals surface area (Å²) in [6, 6.07) is 5.76. The molecule has 0 unspecified atom stereocenters. The molecule has 0 spiro atoms. The topological polar surface area (TPSA) is 73.8 Å². The van der Waals surface area contributed by atoms with Crippen LogP contribution in [0.25, 0.3) is 6.08 Å². The Morgan fingerprint density at radius 3 is 2.65 bits per heavy atom. The summed E-state index contributed by atoms with van der Waals surface area (Å²) in [4.78, 5) is 15.2. The van der Waals surface area contributed by atoms with Crippen molar-refractivity contribution in [3.63, 3.8) is 0 Å². The van der Waals surface area contributed by atoms with Crippen LogP contribution >= 0.6 is 0 Å².